The van der Waals surface area contributed by atoms with Crippen LogP contribution in [0.1, 0.15) is 45.5 Å². The number of morpholine rings is 1. The summed E-state index contributed by atoms with van der Waals surface area (Å²) < 4.78 is 12.7. The lowest BCUT2D eigenvalue weighted by Gasteiger charge is -2.38. The average Bonchev–Trinajstić information content (AvgIpc) is 2.98. The number of Topliss-reactive ketones (excluding diaryl/α,β-unsaturated/α-hetero) is 1. The molecule has 4 aromatic rings. The van der Waals surface area contributed by atoms with Gasteiger partial charge in [-0.15, -0.1) is 0 Å². The highest BCUT2D eigenvalue weighted by molar-refractivity contribution is 6.10. The molecule has 1 unspecified atom stereocenters. The quantitative estimate of drug-likeness (QED) is 0.329. The van der Waals surface area contributed by atoms with Crippen molar-refractivity contribution in [1.82, 2.24) is 0 Å². The Bertz CT molecular complexity index is 1520. The zero-order valence-corrected chi connectivity index (χ0v) is 20.8. The molecule has 0 spiro atoms. The van der Waals surface area contributed by atoms with Gasteiger partial charge in [0.1, 0.15) is 5.75 Å². The van der Waals surface area contributed by atoms with Gasteiger partial charge in [-0.3, -0.25) is 4.79 Å². The van der Waals surface area contributed by atoms with Crippen molar-refractivity contribution in [1.29, 1.82) is 0 Å². The molecule has 0 bridgehead atoms. The molecule has 0 radical (unpaired) electrons. The molecule has 0 saturated carbocycles. The maximum atomic E-state index is 13.2. The molecule has 1 aliphatic carbocycles. The second-order valence-electron chi connectivity index (χ2n) is 10.1. The van der Waals surface area contributed by atoms with E-state index in [0.717, 1.165) is 77.9 Å². The molecule has 4 nitrogen and oxygen atoms in total. The van der Waals surface area contributed by atoms with E-state index in [4.69, 9.17) is 9.47 Å². The smallest absolute Gasteiger partial charge is 0.178 e. The number of aryl methyl sites for hydroxylation is 1. The van der Waals surface area contributed by atoms with E-state index in [1.807, 2.05) is 6.07 Å². The minimum atomic E-state index is -0.799. The summed E-state index contributed by atoms with van der Waals surface area (Å²) in [6.45, 7) is 3.32. The first-order chi connectivity index (χ1) is 18.2. The van der Waals surface area contributed by atoms with Gasteiger partial charge in [0.25, 0.3) is 0 Å². The Labute approximate surface area is 217 Å². The molecular weight excluding hydrogens is 458 g/mol. The SMILES string of the molecule is O=C1CCCc2c1c1c(c3ccccc23)OC(c2ccccc2)(c2ccc(N3CCOCC3)cc2)C=C1. The minimum Gasteiger partial charge on any atom is -0.472 e. The number of anilines is 1. The van der Waals surface area contributed by atoms with Crippen LogP contribution in [0.2, 0.25) is 0 Å². The van der Waals surface area contributed by atoms with E-state index in [2.05, 4.69) is 89.8 Å². The van der Waals surface area contributed by atoms with Crippen LogP contribution in [-0.4, -0.2) is 32.1 Å². The third kappa shape index (κ3) is 3.59. The first-order valence-corrected chi connectivity index (χ1v) is 13.2. The molecule has 2 aliphatic heterocycles. The van der Waals surface area contributed by atoms with Gasteiger partial charge in [0, 0.05) is 52.8 Å². The predicted molar refractivity (Wildman–Crippen MR) is 148 cm³/mol. The third-order valence-corrected chi connectivity index (χ3v) is 8.04. The van der Waals surface area contributed by atoms with Crippen LogP contribution in [0.25, 0.3) is 16.8 Å². The number of hydrogen-bond acceptors (Lipinski definition) is 4. The molecule has 1 saturated heterocycles. The summed E-state index contributed by atoms with van der Waals surface area (Å²) in [6, 6.07) is 27.5. The predicted octanol–water partition coefficient (Wildman–Crippen LogP) is 6.54. The first-order valence-electron chi connectivity index (χ1n) is 13.2. The highest BCUT2D eigenvalue weighted by Crippen LogP contribution is 2.48. The maximum Gasteiger partial charge on any atom is 0.178 e. The van der Waals surface area contributed by atoms with Crippen molar-refractivity contribution in [2.45, 2.75) is 24.9 Å². The number of rotatable bonds is 3. The average molecular weight is 488 g/mol. The Hall–Kier alpha value is -3.89. The molecule has 37 heavy (non-hydrogen) atoms. The van der Waals surface area contributed by atoms with Crippen LogP contribution in [0.3, 0.4) is 0 Å². The van der Waals surface area contributed by atoms with Crippen LogP contribution >= 0.6 is 0 Å². The lowest BCUT2D eigenvalue weighted by Crippen LogP contribution is -2.37. The lowest BCUT2D eigenvalue weighted by molar-refractivity contribution is 0.0970. The number of ketones is 1. The molecule has 2 heterocycles. The molecule has 3 aliphatic rings. The number of ether oxygens (including phenoxy) is 2. The summed E-state index contributed by atoms with van der Waals surface area (Å²) in [5.41, 5.74) is 5.46. The molecular formula is C33H29NO3. The van der Waals surface area contributed by atoms with E-state index in [1.165, 1.54) is 11.3 Å². The van der Waals surface area contributed by atoms with E-state index < -0.39 is 5.60 Å². The van der Waals surface area contributed by atoms with Crippen LogP contribution in [0, 0.1) is 0 Å². The highest BCUT2D eigenvalue weighted by Gasteiger charge is 2.39. The molecule has 0 amide bonds. The molecule has 1 atom stereocenters. The molecule has 0 aromatic heterocycles. The zero-order valence-electron chi connectivity index (χ0n) is 20.8. The van der Waals surface area contributed by atoms with Crippen molar-refractivity contribution in [3.05, 3.63) is 113 Å². The summed E-state index contributed by atoms with van der Waals surface area (Å²) >= 11 is 0. The third-order valence-electron chi connectivity index (χ3n) is 8.04. The standard InChI is InChI=1S/C33H29NO3/c35-30-12-6-11-27-26-9-4-5-10-28(26)32-29(31(27)30)17-18-33(37-32,23-7-2-1-3-8-23)24-13-15-25(16-14-24)34-19-21-36-22-20-34/h1-5,7-10,13-18H,6,11-12,19-22H2. The van der Waals surface area contributed by atoms with Gasteiger partial charge in [0.05, 0.1) is 13.2 Å². The van der Waals surface area contributed by atoms with Gasteiger partial charge < -0.3 is 14.4 Å². The topological polar surface area (TPSA) is 38.8 Å². The minimum absolute atomic E-state index is 0.221. The van der Waals surface area contributed by atoms with Gasteiger partial charge in [0.2, 0.25) is 0 Å². The Morgan fingerprint density at radius 2 is 1.46 bits per heavy atom. The van der Waals surface area contributed by atoms with Crippen molar-refractivity contribution < 1.29 is 14.3 Å². The number of carbonyl (C=O) groups excluding carboxylic acids is 1. The van der Waals surface area contributed by atoms with Crippen molar-refractivity contribution in [2.24, 2.45) is 0 Å². The summed E-state index contributed by atoms with van der Waals surface area (Å²) in [5.74, 6) is 1.02. The Morgan fingerprint density at radius 1 is 0.757 bits per heavy atom. The van der Waals surface area contributed by atoms with Gasteiger partial charge in [0.15, 0.2) is 11.4 Å². The summed E-state index contributed by atoms with van der Waals surface area (Å²) in [5, 5.41) is 2.20. The Balaban J connectivity index is 1.41. The fraction of sp³-hybridized carbons (Fsp3) is 0.242. The van der Waals surface area contributed by atoms with Crippen LogP contribution in [-0.2, 0) is 16.8 Å². The van der Waals surface area contributed by atoms with Crippen LogP contribution in [0.15, 0.2) is 84.9 Å². The first kappa shape index (κ1) is 22.3. The monoisotopic (exact) mass is 487 g/mol. The van der Waals surface area contributed by atoms with Gasteiger partial charge in [-0.2, -0.15) is 0 Å². The van der Waals surface area contributed by atoms with Gasteiger partial charge in [-0.05, 0) is 48.1 Å². The molecule has 1 fully saturated rings. The van der Waals surface area contributed by atoms with Gasteiger partial charge in [-0.25, -0.2) is 0 Å². The zero-order chi connectivity index (χ0) is 24.8. The molecule has 7 rings (SSSR count). The van der Waals surface area contributed by atoms with Crippen molar-refractivity contribution in [2.75, 3.05) is 31.2 Å². The van der Waals surface area contributed by atoms with E-state index in [0.29, 0.717) is 6.42 Å². The second-order valence-corrected chi connectivity index (χ2v) is 10.1. The van der Waals surface area contributed by atoms with Crippen LogP contribution in [0.5, 0.6) is 5.75 Å². The largest absolute Gasteiger partial charge is 0.472 e. The second kappa shape index (κ2) is 8.89. The van der Waals surface area contributed by atoms with Crippen LogP contribution in [0.4, 0.5) is 5.69 Å². The number of fused-ring (bicyclic) bond motifs is 6. The summed E-state index contributed by atoms with van der Waals surface area (Å²) in [4.78, 5) is 15.5. The van der Waals surface area contributed by atoms with E-state index in [-0.39, 0.29) is 5.78 Å². The fourth-order valence-corrected chi connectivity index (χ4v) is 6.20. The van der Waals surface area contributed by atoms with Crippen molar-refractivity contribution in [3.63, 3.8) is 0 Å². The summed E-state index contributed by atoms with van der Waals surface area (Å²) in [7, 11) is 0. The molecule has 0 N–H and O–H groups in total. The lowest BCUT2D eigenvalue weighted by atomic mass is 9.79. The van der Waals surface area contributed by atoms with Gasteiger partial charge in [-0.1, -0.05) is 66.7 Å². The summed E-state index contributed by atoms with van der Waals surface area (Å²) in [6.07, 6.45) is 6.71. The molecule has 184 valence electrons. The van der Waals surface area contributed by atoms with Gasteiger partial charge >= 0.3 is 0 Å². The molecule has 4 aromatic carbocycles. The maximum absolute atomic E-state index is 13.2. The number of nitrogens with zero attached hydrogens (tertiary/aromatic N) is 1. The number of hydrogen-bond donors (Lipinski definition) is 0. The van der Waals surface area contributed by atoms with Crippen molar-refractivity contribution in [3.8, 4) is 5.75 Å². The number of benzene rings is 4. The van der Waals surface area contributed by atoms with E-state index in [9.17, 15) is 4.79 Å². The highest BCUT2D eigenvalue weighted by atomic mass is 16.5. The molecule has 4 heteroatoms. The Kier molecular flexibility index (Phi) is 5.37. The van der Waals surface area contributed by atoms with E-state index >= 15 is 0 Å². The normalized spacial score (nSPS) is 20.9. The van der Waals surface area contributed by atoms with E-state index in [1.54, 1.807) is 0 Å². The van der Waals surface area contributed by atoms with Crippen molar-refractivity contribution >= 4 is 28.3 Å². The van der Waals surface area contributed by atoms with Crippen LogP contribution < -0.4 is 9.64 Å². The number of carbonyl (C=O) groups is 1. The fourth-order valence-electron chi connectivity index (χ4n) is 6.20. The Morgan fingerprint density at radius 3 is 2.24 bits per heavy atom.